The molecule has 0 bridgehead atoms. The molecule has 6 nitrogen and oxygen atoms in total. The van der Waals surface area contributed by atoms with Crippen molar-refractivity contribution in [1.29, 1.82) is 0 Å². The second-order valence-electron chi connectivity index (χ2n) is 6.49. The quantitative estimate of drug-likeness (QED) is 0.827. The normalized spacial score (nSPS) is 19.2. The third-order valence-electron chi connectivity index (χ3n) is 4.75. The van der Waals surface area contributed by atoms with Crippen molar-refractivity contribution >= 4 is 11.8 Å². The summed E-state index contributed by atoms with van der Waals surface area (Å²) in [5.41, 5.74) is 0.787. The van der Waals surface area contributed by atoms with E-state index < -0.39 is 5.79 Å². The molecule has 0 atom stereocenters. The zero-order valence-corrected chi connectivity index (χ0v) is 14.4. The van der Waals surface area contributed by atoms with Crippen LogP contribution in [0.4, 0.5) is 4.39 Å². The lowest BCUT2D eigenvalue weighted by Crippen LogP contribution is -2.50. The number of carbonyl (C=O) groups is 2. The van der Waals surface area contributed by atoms with Crippen molar-refractivity contribution in [3.05, 3.63) is 35.6 Å². The van der Waals surface area contributed by atoms with Crippen LogP contribution in [0.1, 0.15) is 25.3 Å². The highest BCUT2D eigenvalue weighted by Gasteiger charge is 2.40. The Hall–Kier alpha value is -1.99. The van der Waals surface area contributed by atoms with Gasteiger partial charge in [0.1, 0.15) is 12.4 Å². The van der Waals surface area contributed by atoms with Gasteiger partial charge in [0.05, 0.1) is 13.2 Å². The van der Waals surface area contributed by atoms with Crippen molar-refractivity contribution in [2.45, 2.75) is 32.1 Å². The lowest BCUT2D eigenvalue weighted by molar-refractivity contribution is -0.187. The summed E-state index contributed by atoms with van der Waals surface area (Å²) in [5, 5.41) is 0. The van der Waals surface area contributed by atoms with E-state index in [9.17, 15) is 14.0 Å². The van der Waals surface area contributed by atoms with Crippen LogP contribution in [0, 0.1) is 5.82 Å². The number of halogens is 1. The molecule has 0 aromatic heterocycles. The Morgan fingerprint density at radius 2 is 1.76 bits per heavy atom. The highest BCUT2D eigenvalue weighted by Crippen LogP contribution is 2.31. The predicted octanol–water partition coefficient (Wildman–Crippen LogP) is 1.54. The molecule has 2 saturated heterocycles. The number of likely N-dealkylation sites (tertiary alicyclic amines) is 1. The van der Waals surface area contributed by atoms with Crippen molar-refractivity contribution in [3.63, 3.8) is 0 Å². The van der Waals surface area contributed by atoms with E-state index in [2.05, 4.69) is 0 Å². The van der Waals surface area contributed by atoms with E-state index in [1.807, 2.05) is 0 Å². The van der Waals surface area contributed by atoms with Gasteiger partial charge in [0.2, 0.25) is 11.8 Å². The average molecular weight is 350 g/mol. The maximum absolute atomic E-state index is 13.0. The Bertz CT molecular complexity index is 618. The summed E-state index contributed by atoms with van der Waals surface area (Å²) in [6.07, 6.45) is 1.30. The van der Waals surface area contributed by atoms with Crippen LogP contribution < -0.4 is 0 Å². The maximum atomic E-state index is 13.0. The first kappa shape index (κ1) is 17.8. The minimum absolute atomic E-state index is 0.0153. The highest BCUT2D eigenvalue weighted by atomic mass is 19.1. The van der Waals surface area contributed by atoms with Crippen molar-refractivity contribution in [3.8, 4) is 0 Å². The Morgan fingerprint density at radius 3 is 2.32 bits per heavy atom. The van der Waals surface area contributed by atoms with Crippen LogP contribution in [0.2, 0.25) is 0 Å². The zero-order valence-electron chi connectivity index (χ0n) is 14.4. The molecule has 0 radical (unpaired) electrons. The molecule has 3 rings (SSSR count). The summed E-state index contributed by atoms with van der Waals surface area (Å²) in [7, 11) is 0. The predicted molar refractivity (Wildman–Crippen MR) is 87.9 cm³/mol. The largest absolute Gasteiger partial charge is 0.347 e. The standard InChI is InChI=1S/C18H23FN2O4/c1-14(22)21(12-15-2-4-16(19)5-3-15)13-17(23)20-8-6-18(7-9-20)24-10-11-25-18/h2-5H,6-13H2,1H3. The number of carbonyl (C=O) groups excluding carboxylic acids is 2. The number of hydrogen-bond donors (Lipinski definition) is 0. The molecule has 1 aromatic carbocycles. The summed E-state index contributed by atoms with van der Waals surface area (Å²) in [6, 6.07) is 5.94. The minimum atomic E-state index is -0.523. The first-order chi connectivity index (χ1) is 12.0. The number of piperidine rings is 1. The summed E-state index contributed by atoms with van der Waals surface area (Å²) < 4.78 is 24.3. The average Bonchev–Trinajstić information content (AvgIpc) is 3.04. The molecule has 0 unspecified atom stereocenters. The molecule has 0 saturated carbocycles. The van der Waals surface area contributed by atoms with E-state index >= 15 is 0 Å². The van der Waals surface area contributed by atoms with Crippen LogP contribution >= 0.6 is 0 Å². The molecule has 136 valence electrons. The fraction of sp³-hybridized carbons (Fsp3) is 0.556. The first-order valence-corrected chi connectivity index (χ1v) is 8.53. The zero-order chi connectivity index (χ0) is 17.9. The highest BCUT2D eigenvalue weighted by molar-refractivity contribution is 5.83. The monoisotopic (exact) mass is 350 g/mol. The van der Waals surface area contributed by atoms with Crippen LogP contribution in [0.25, 0.3) is 0 Å². The van der Waals surface area contributed by atoms with Crippen LogP contribution in [0.5, 0.6) is 0 Å². The van der Waals surface area contributed by atoms with E-state index in [1.54, 1.807) is 17.0 Å². The fourth-order valence-corrected chi connectivity index (χ4v) is 3.23. The van der Waals surface area contributed by atoms with Crippen molar-refractivity contribution in [2.24, 2.45) is 0 Å². The second kappa shape index (κ2) is 7.49. The van der Waals surface area contributed by atoms with Gasteiger partial charge in [0.15, 0.2) is 5.79 Å². The van der Waals surface area contributed by atoms with Gasteiger partial charge in [-0.05, 0) is 17.7 Å². The van der Waals surface area contributed by atoms with Gasteiger partial charge in [0, 0.05) is 39.4 Å². The molecule has 2 aliphatic heterocycles. The van der Waals surface area contributed by atoms with Gasteiger partial charge in [-0.15, -0.1) is 0 Å². The number of benzene rings is 1. The number of ether oxygens (including phenoxy) is 2. The molecule has 7 heteroatoms. The molecular weight excluding hydrogens is 327 g/mol. The van der Waals surface area contributed by atoms with E-state index in [0.717, 1.165) is 5.56 Å². The van der Waals surface area contributed by atoms with Crippen LogP contribution in [0.3, 0.4) is 0 Å². The topological polar surface area (TPSA) is 59.1 Å². The fourth-order valence-electron chi connectivity index (χ4n) is 3.23. The van der Waals surface area contributed by atoms with Gasteiger partial charge in [-0.3, -0.25) is 9.59 Å². The third kappa shape index (κ3) is 4.35. The molecule has 2 heterocycles. The molecule has 0 aliphatic carbocycles. The SMILES string of the molecule is CC(=O)N(CC(=O)N1CCC2(CC1)OCCO2)Cc1ccc(F)cc1. The van der Waals surface area contributed by atoms with E-state index in [1.165, 1.54) is 24.0 Å². The number of hydrogen-bond acceptors (Lipinski definition) is 4. The third-order valence-corrected chi connectivity index (χ3v) is 4.75. The van der Waals surface area contributed by atoms with Crippen LogP contribution in [-0.4, -0.2) is 60.2 Å². The lowest BCUT2D eigenvalue weighted by Gasteiger charge is -2.38. The Labute approximate surface area is 146 Å². The van der Waals surface area contributed by atoms with E-state index in [0.29, 0.717) is 39.1 Å². The summed E-state index contributed by atoms with van der Waals surface area (Å²) in [5.74, 6) is -1.13. The van der Waals surface area contributed by atoms with E-state index in [-0.39, 0.29) is 30.7 Å². The number of nitrogens with zero attached hydrogens (tertiary/aromatic N) is 2. The van der Waals surface area contributed by atoms with Crippen molar-refractivity contribution in [2.75, 3.05) is 32.8 Å². The van der Waals surface area contributed by atoms with Gasteiger partial charge in [0.25, 0.3) is 0 Å². The molecule has 2 amide bonds. The molecule has 25 heavy (non-hydrogen) atoms. The molecule has 1 aromatic rings. The Kier molecular flexibility index (Phi) is 5.34. The van der Waals surface area contributed by atoms with Gasteiger partial charge >= 0.3 is 0 Å². The van der Waals surface area contributed by atoms with Gasteiger partial charge in [-0.1, -0.05) is 12.1 Å². The Balaban J connectivity index is 1.55. The molecule has 1 spiro atoms. The number of rotatable bonds is 4. The smallest absolute Gasteiger partial charge is 0.242 e. The summed E-state index contributed by atoms with van der Waals surface area (Å²) in [4.78, 5) is 27.7. The summed E-state index contributed by atoms with van der Waals surface area (Å²) in [6.45, 7) is 4.05. The van der Waals surface area contributed by atoms with Gasteiger partial charge in [-0.25, -0.2) is 4.39 Å². The first-order valence-electron chi connectivity index (χ1n) is 8.53. The van der Waals surface area contributed by atoms with Gasteiger partial charge < -0.3 is 19.3 Å². The minimum Gasteiger partial charge on any atom is -0.347 e. The van der Waals surface area contributed by atoms with Crippen molar-refractivity contribution < 1.29 is 23.5 Å². The molecular formula is C18H23FN2O4. The van der Waals surface area contributed by atoms with Gasteiger partial charge in [-0.2, -0.15) is 0 Å². The maximum Gasteiger partial charge on any atom is 0.242 e. The number of amides is 2. The molecule has 2 fully saturated rings. The van der Waals surface area contributed by atoms with Crippen LogP contribution in [0.15, 0.2) is 24.3 Å². The Morgan fingerprint density at radius 1 is 1.16 bits per heavy atom. The molecule has 2 aliphatic rings. The van der Waals surface area contributed by atoms with E-state index in [4.69, 9.17) is 9.47 Å². The molecule has 0 N–H and O–H groups in total. The van der Waals surface area contributed by atoms with Crippen molar-refractivity contribution in [1.82, 2.24) is 9.80 Å². The lowest BCUT2D eigenvalue weighted by atomic mass is 10.0. The van der Waals surface area contributed by atoms with Crippen LogP contribution in [-0.2, 0) is 25.6 Å². The summed E-state index contributed by atoms with van der Waals surface area (Å²) >= 11 is 0. The second-order valence-corrected chi connectivity index (χ2v) is 6.49.